The molecule has 0 aromatic heterocycles. The van der Waals surface area contributed by atoms with E-state index in [4.69, 9.17) is 0 Å². The van der Waals surface area contributed by atoms with Crippen molar-refractivity contribution in [3.63, 3.8) is 0 Å². The number of benzene rings is 1. The molecule has 3 rings (SSSR count). The van der Waals surface area contributed by atoms with E-state index in [1.165, 1.54) is 32.1 Å². The van der Waals surface area contributed by atoms with Crippen LogP contribution in [0.1, 0.15) is 30.4 Å². The summed E-state index contributed by atoms with van der Waals surface area (Å²) < 4.78 is 0. The highest BCUT2D eigenvalue weighted by Crippen LogP contribution is 2.25. The van der Waals surface area contributed by atoms with E-state index < -0.39 is 0 Å². The quantitative estimate of drug-likeness (QED) is 0.749. The topological polar surface area (TPSA) is 12.0 Å². The van der Waals surface area contributed by atoms with E-state index in [9.17, 15) is 0 Å². The van der Waals surface area contributed by atoms with Gasteiger partial charge >= 0.3 is 0 Å². The van der Waals surface area contributed by atoms with Gasteiger partial charge in [-0.25, -0.2) is 0 Å². The smallest absolute Gasteiger partial charge is 0.0113 e. The van der Waals surface area contributed by atoms with E-state index in [2.05, 4.69) is 29.6 Å². The molecule has 1 N–H and O–H groups in total. The summed E-state index contributed by atoms with van der Waals surface area (Å²) in [7, 11) is 0. The molecule has 0 aliphatic heterocycles. The van der Waals surface area contributed by atoms with Crippen LogP contribution in [0.25, 0.3) is 0 Å². The second kappa shape index (κ2) is 3.39. The third-order valence-corrected chi connectivity index (χ3v) is 3.40. The van der Waals surface area contributed by atoms with Gasteiger partial charge in [-0.2, -0.15) is 0 Å². The van der Waals surface area contributed by atoms with Crippen LogP contribution in [0.5, 0.6) is 0 Å². The van der Waals surface area contributed by atoms with Crippen LogP contribution >= 0.6 is 0 Å². The van der Waals surface area contributed by atoms with Gasteiger partial charge in [-0.05, 0) is 43.2 Å². The summed E-state index contributed by atoms with van der Waals surface area (Å²) in [6.07, 6.45) is 6.64. The van der Waals surface area contributed by atoms with Gasteiger partial charge in [0.15, 0.2) is 0 Å². The van der Waals surface area contributed by atoms with Crippen molar-refractivity contribution in [2.75, 3.05) is 0 Å². The van der Waals surface area contributed by atoms with E-state index in [1.54, 1.807) is 11.1 Å². The molecule has 1 heteroatoms. The molecule has 0 bridgehead atoms. The van der Waals surface area contributed by atoms with Gasteiger partial charge in [0.1, 0.15) is 0 Å². The molecule has 2 aliphatic carbocycles. The Morgan fingerprint density at radius 3 is 2.50 bits per heavy atom. The van der Waals surface area contributed by atoms with Crippen molar-refractivity contribution in [3.8, 4) is 0 Å². The maximum absolute atomic E-state index is 3.73. The lowest BCUT2D eigenvalue weighted by atomic mass is 9.88. The fourth-order valence-corrected chi connectivity index (χ4v) is 2.42. The van der Waals surface area contributed by atoms with Crippen molar-refractivity contribution in [2.24, 2.45) is 0 Å². The summed E-state index contributed by atoms with van der Waals surface area (Å²) >= 11 is 0. The molecule has 1 fully saturated rings. The largest absolute Gasteiger partial charge is 0.311 e. The fraction of sp³-hybridized carbons (Fsp3) is 0.538. The zero-order valence-electron chi connectivity index (χ0n) is 8.50. The van der Waals surface area contributed by atoms with Gasteiger partial charge in [0, 0.05) is 12.1 Å². The first kappa shape index (κ1) is 8.49. The predicted molar refractivity (Wildman–Crippen MR) is 58.4 cm³/mol. The summed E-state index contributed by atoms with van der Waals surface area (Å²) in [6.45, 7) is 0. The molecule has 2 aliphatic rings. The van der Waals surface area contributed by atoms with Crippen LogP contribution in [-0.2, 0) is 12.8 Å². The second-order valence-corrected chi connectivity index (χ2v) is 4.65. The van der Waals surface area contributed by atoms with Crippen molar-refractivity contribution >= 4 is 0 Å². The predicted octanol–water partition coefficient (Wildman–Crippen LogP) is 2.30. The highest BCUT2D eigenvalue weighted by atomic mass is 15.0. The molecule has 0 radical (unpaired) electrons. The van der Waals surface area contributed by atoms with Crippen molar-refractivity contribution < 1.29 is 0 Å². The molecule has 0 saturated heterocycles. The molecule has 0 amide bonds. The summed E-state index contributed by atoms with van der Waals surface area (Å²) in [5, 5.41) is 3.73. The van der Waals surface area contributed by atoms with Gasteiger partial charge in [0.25, 0.3) is 0 Å². The Hall–Kier alpha value is -0.820. The van der Waals surface area contributed by atoms with Crippen LogP contribution in [0.3, 0.4) is 0 Å². The third kappa shape index (κ3) is 1.69. The molecule has 1 unspecified atom stereocenters. The van der Waals surface area contributed by atoms with Crippen LogP contribution in [-0.4, -0.2) is 12.1 Å². The normalized spacial score (nSPS) is 25.9. The number of aryl methyl sites for hydroxylation is 1. The van der Waals surface area contributed by atoms with Gasteiger partial charge < -0.3 is 5.32 Å². The van der Waals surface area contributed by atoms with Gasteiger partial charge in [-0.1, -0.05) is 24.3 Å². The molecule has 1 aromatic rings. The van der Waals surface area contributed by atoms with E-state index in [0.717, 1.165) is 12.1 Å². The highest BCUT2D eigenvalue weighted by Gasteiger charge is 2.26. The van der Waals surface area contributed by atoms with E-state index >= 15 is 0 Å². The molecule has 74 valence electrons. The zero-order chi connectivity index (χ0) is 9.38. The summed E-state index contributed by atoms with van der Waals surface area (Å²) in [4.78, 5) is 0. The standard InChI is InChI=1S/C13H17N/c1-2-4-11-9-13(14-12-7-8-12)6-5-10(11)3-1/h1-4,12-14H,5-9H2. The number of hydrogen-bond acceptors (Lipinski definition) is 1. The number of rotatable bonds is 2. The van der Waals surface area contributed by atoms with Gasteiger partial charge in [0.2, 0.25) is 0 Å². The average Bonchev–Trinajstić information content (AvgIpc) is 3.02. The first-order valence-electron chi connectivity index (χ1n) is 5.74. The summed E-state index contributed by atoms with van der Waals surface area (Å²) in [6, 6.07) is 10.5. The van der Waals surface area contributed by atoms with Crippen molar-refractivity contribution in [1.82, 2.24) is 5.32 Å². The number of nitrogens with one attached hydrogen (secondary N) is 1. The summed E-state index contributed by atoms with van der Waals surface area (Å²) in [5.74, 6) is 0. The van der Waals surface area contributed by atoms with Crippen LogP contribution in [0.2, 0.25) is 0 Å². The van der Waals surface area contributed by atoms with Crippen LogP contribution in [0, 0.1) is 0 Å². The molecule has 1 nitrogen and oxygen atoms in total. The lowest BCUT2D eigenvalue weighted by Gasteiger charge is -2.25. The lowest BCUT2D eigenvalue weighted by molar-refractivity contribution is 0.456. The SMILES string of the molecule is c1ccc2c(c1)CCC(NC1CC1)C2. The number of fused-ring (bicyclic) bond motifs is 1. The Balaban J connectivity index is 1.72. The Bertz CT molecular complexity index is 328. The van der Waals surface area contributed by atoms with Crippen LogP contribution in [0.15, 0.2) is 24.3 Å². The molecule has 1 aromatic carbocycles. The minimum absolute atomic E-state index is 0.748. The minimum Gasteiger partial charge on any atom is -0.311 e. The van der Waals surface area contributed by atoms with E-state index in [-0.39, 0.29) is 0 Å². The third-order valence-electron chi connectivity index (χ3n) is 3.40. The molecule has 1 saturated carbocycles. The second-order valence-electron chi connectivity index (χ2n) is 4.65. The molecule has 14 heavy (non-hydrogen) atoms. The zero-order valence-corrected chi connectivity index (χ0v) is 8.50. The molecule has 1 atom stereocenters. The maximum Gasteiger partial charge on any atom is 0.0113 e. The first-order chi connectivity index (χ1) is 6.92. The van der Waals surface area contributed by atoms with Crippen molar-refractivity contribution in [3.05, 3.63) is 35.4 Å². The molecular weight excluding hydrogens is 170 g/mol. The Morgan fingerprint density at radius 2 is 1.71 bits per heavy atom. The molecular formula is C13H17N. The van der Waals surface area contributed by atoms with Gasteiger partial charge in [-0.3, -0.25) is 0 Å². The highest BCUT2D eigenvalue weighted by molar-refractivity contribution is 5.30. The monoisotopic (exact) mass is 187 g/mol. The van der Waals surface area contributed by atoms with Crippen molar-refractivity contribution in [1.29, 1.82) is 0 Å². The van der Waals surface area contributed by atoms with Gasteiger partial charge in [0.05, 0.1) is 0 Å². The number of hydrogen-bond donors (Lipinski definition) is 1. The first-order valence-corrected chi connectivity index (χ1v) is 5.74. The Kier molecular flexibility index (Phi) is 2.06. The van der Waals surface area contributed by atoms with Gasteiger partial charge in [-0.15, -0.1) is 0 Å². The fourth-order valence-electron chi connectivity index (χ4n) is 2.42. The molecule has 0 heterocycles. The Labute approximate surface area is 85.5 Å². The van der Waals surface area contributed by atoms with E-state index in [1.807, 2.05) is 0 Å². The van der Waals surface area contributed by atoms with Crippen molar-refractivity contribution in [2.45, 2.75) is 44.2 Å². The van der Waals surface area contributed by atoms with Crippen LogP contribution in [0.4, 0.5) is 0 Å². The molecule has 0 spiro atoms. The minimum atomic E-state index is 0.748. The Morgan fingerprint density at radius 1 is 0.929 bits per heavy atom. The van der Waals surface area contributed by atoms with E-state index in [0.29, 0.717) is 0 Å². The lowest BCUT2D eigenvalue weighted by Crippen LogP contribution is -2.35. The average molecular weight is 187 g/mol. The van der Waals surface area contributed by atoms with Crippen LogP contribution < -0.4 is 5.32 Å². The summed E-state index contributed by atoms with van der Waals surface area (Å²) in [5.41, 5.74) is 3.14. The maximum atomic E-state index is 3.73.